The summed E-state index contributed by atoms with van der Waals surface area (Å²) in [4.78, 5) is 19.1. The van der Waals surface area contributed by atoms with Gasteiger partial charge in [-0.2, -0.15) is 9.65 Å². The Kier molecular flexibility index (Phi) is 6.56. The van der Waals surface area contributed by atoms with Gasteiger partial charge in [0.1, 0.15) is 5.82 Å². The zero-order valence-corrected chi connectivity index (χ0v) is 19.4. The second kappa shape index (κ2) is 10.1. The lowest BCUT2D eigenvalue weighted by molar-refractivity contribution is 0.240. The first kappa shape index (κ1) is 23.4. The van der Waals surface area contributed by atoms with Crippen LogP contribution in [0.3, 0.4) is 0 Å². The number of amides is 1. The van der Waals surface area contributed by atoms with Gasteiger partial charge in [-0.25, -0.2) is 14.2 Å². The molecule has 2 aromatic carbocycles. The lowest BCUT2D eigenvalue weighted by Crippen LogP contribution is -2.34. The molecule has 0 atom stereocenters. The maximum atomic E-state index is 13.4. The Morgan fingerprint density at radius 3 is 2.75 bits per heavy atom. The number of benzene rings is 2. The number of hydrogen-bond acceptors (Lipinski definition) is 4. The van der Waals surface area contributed by atoms with Crippen molar-refractivity contribution >= 4 is 23.0 Å². The van der Waals surface area contributed by atoms with Gasteiger partial charge in [0.25, 0.3) is 0 Å². The van der Waals surface area contributed by atoms with Crippen molar-refractivity contribution in [3.05, 3.63) is 107 Å². The lowest BCUT2D eigenvalue weighted by Gasteiger charge is -2.27. The first-order valence-corrected chi connectivity index (χ1v) is 11.6. The standard InChI is InChI=1S/C28H23F2N5O/c29-22-6-3-19(4-7-22)2-1-12-34-13-10-26-24(18-34)23-14-20(16-31)5-8-25(23)35(26)28(36)33-17-21-9-11-32-27(30)15-21/h1-9,11,14-15H,10,12-13,17-18H2,(H,33,36)/b2-1+. The van der Waals surface area contributed by atoms with E-state index >= 15 is 0 Å². The van der Waals surface area contributed by atoms with Crippen molar-refractivity contribution in [2.75, 3.05) is 13.1 Å². The minimum Gasteiger partial charge on any atom is -0.333 e. The van der Waals surface area contributed by atoms with E-state index in [-0.39, 0.29) is 18.4 Å². The molecule has 1 amide bonds. The number of nitriles is 1. The third-order valence-corrected chi connectivity index (χ3v) is 6.34. The van der Waals surface area contributed by atoms with Crippen LogP contribution in [0.1, 0.15) is 27.9 Å². The number of carbonyl (C=O) groups is 1. The quantitative estimate of drug-likeness (QED) is 0.405. The molecule has 6 nitrogen and oxygen atoms in total. The van der Waals surface area contributed by atoms with Gasteiger partial charge in [0.15, 0.2) is 0 Å². The van der Waals surface area contributed by atoms with E-state index in [1.54, 1.807) is 34.9 Å². The number of rotatable bonds is 5. The van der Waals surface area contributed by atoms with Gasteiger partial charge in [-0.1, -0.05) is 24.3 Å². The number of aromatic nitrogens is 2. The third-order valence-electron chi connectivity index (χ3n) is 6.34. The van der Waals surface area contributed by atoms with Crippen molar-refractivity contribution in [1.29, 1.82) is 5.26 Å². The summed E-state index contributed by atoms with van der Waals surface area (Å²) in [6, 6.07) is 16.5. The Labute approximate surface area is 207 Å². The van der Waals surface area contributed by atoms with Crippen molar-refractivity contribution in [2.45, 2.75) is 19.5 Å². The number of fused-ring (bicyclic) bond motifs is 3. The molecule has 1 aliphatic rings. The predicted octanol–water partition coefficient (Wildman–Crippen LogP) is 5.02. The first-order valence-electron chi connectivity index (χ1n) is 11.6. The molecule has 0 unspecified atom stereocenters. The van der Waals surface area contributed by atoms with Crippen LogP contribution in [0.15, 0.2) is 66.9 Å². The smallest absolute Gasteiger partial charge is 0.326 e. The molecule has 36 heavy (non-hydrogen) atoms. The Morgan fingerprint density at radius 1 is 1.14 bits per heavy atom. The van der Waals surface area contributed by atoms with Crippen LogP contribution in [-0.2, 0) is 19.5 Å². The molecule has 0 fully saturated rings. The molecule has 0 bridgehead atoms. The Morgan fingerprint density at radius 2 is 1.97 bits per heavy atom. The summed E-state index contributed by atoms with van der Waals surface area (Å²) in [5.74, 6) is -0.857. The minimum atomic E-state index is -0.594. The Bertz CT molecular complexity index is 1500. The van der Waals surface area contributed by atoms with Crippen molar-refractivity contribution in [3.8, 4) is 6.07 Å². The van der Waals surface area contributed by atoms with E-state index in [1.165, 1.54) is 24.4 Å². The van der Waals surface area contributed by atoms with Crippen molar-refractivity contribution < 1.29 is 13.6 Å². The van der Waals surface area contributed by atoms with E-state index in [2.05, 4.69) is 21.3 Å². The summed E-state index contributed by atoms with van der Waals surface area (Å²) < 4.78 is 28.2. The summed E-state index contributed by atoms with van der Waals surface area (Å²) in [5, 5.41) is 13.2. The third kappa shape index (κ3) is 4.88. The number of carbonyl (C=O) groups excluding carboxylic acids is 1. The number of nitrogens with zero attached hydrogens (tertiary/aromatic N) is 4. The molecule has 2 aromatic heterocycles. The SMILES string of the molecule is N#Cc1ccc2c(c1)c1c(n2C(=O)NCc2ccnc(F)c2)CCN(C/C=C/c2ccc(F)cc2)C1. The average molecular weight is 484 g/mol. The van der Waals surface area contributed by atoms with E-state index in [0.29, 0.717) is 30.6 Å². The monoisotopic (exact) mass is 483 g/mol. The van der Waals surface area contributed by atoms with E-state index in [4.69, 9.17) is 0 Å². The first-order chi connectivity index (χ1) is 17.5. The number of pyridine rings is 1. The molecule has 180 valence electrons. The lowest BCUT2D eigenvalue weighted by atomic mass is 10.0. The van der Waals surface area contributed by atoms with Gasteiger partial charge in [0.2, 0.25) is 5.95 Å². The van der Waals surface area contributed by atoms with Crippen LogP contribution in [0.2, 0.25) is 0 Å². The molecule has 8 heteroatoms. The van der Waals surface area contributed by atoms with Gasteiger partial charge in [-0.15, -0.1) is 0 Å². The second-order valence-electron chi connectivity index (χ2n) is 8.69. The molecule has 1 N–H and O–H groups in total. The van der Waals surface area contributed by atoms with Gasteiger partial charge >= 0.3 is 6.03 Å². The van der Waals surface area contributed by atoms with Crippen LogP contribution in [0.5, 0.6) is 0 Å². The van der Waals surface area contributed by atoms with E-state index < -0.39 is 5.95 Å². The highest BCUT2D eigenvalue weighted by molar-refractivity contribution is 5.96. The van der Waals surface area contributed by atoms with Gasteiger partial charge in [-0.05, 0) is 59.2 Å². The maximum absolute atomic E-state index is 13.4. The van der Waals surface area contributed by atoms with Crippen molar-refractivity contribution in [2.24, 2.45) is 0 Å². The highest BCUT2D eigenvalue weighted by Gasteiger charge is 2.26. The Balaban J connectivity index is 1.39. The Hall–Kier alpha value is -4.35. The molecule has 0 radical (unpaired) electrons. The van der Waals surface area contributed by atoms with Crippen LogP contribution >= 0.6 is 0 Å². The van der Waals surface area contributed by atoms with Crippen LogP contribution in [0, 0.1) is 23.1 Å². The fraction of sp³-hybridized carbons (Fsp3) is 0.179. The van der Waals surface area contributed by atoms with Crippen LogP contribution in [0.4, 0.5) is 13.6 Å². The summed E-state index contributed by atoms with van der Waals surface area (Å²) in [6.07, 6.45) is 6.03. The van der Waals surface area contributed by atoms with E-state index in [1.807, 2.05) is 18.2 Å². The molecule has 3 heterocycles. The van der Waals surface area contributed by atoms with E-state index in [0.717, 1.165) is 34.3 Å². The van der Waals surface area contributed by atoms with Crippen LogP contribution in [-0.4, -0.2) is 33.6 Å². The molecule has 0 spiro atoms. The van der Waals surface area contributed by atoms with Crippen LogP contribution < -0.4 is 5.32 Å². The number of halogens is 2. The van der Waals surface area contributed by atoms with Crippen molar-refractivity contribution in [1.82, 2.24) is 19.8 Å². The van der Waals surface area contributed by atoms with Gasteiger partial charge < -0.3 is 5.32 Å². The topological polar surface area (TPSA) is 74.0 Å². The molecular weight excluding hydrogens is 460 g/mol. The van der Waals surface area contributed by atoms with Gasteiger partial charge in [0.05, 0.1) is 17.1 Å². The van der Waals surface area contributed by atoms with E-state index in [9.17, 15) is 18.8 Å². The number of nitrogens with one attached hydrogen (secondary N) is 1. The highest BCUT2D eigenvalue weighted by Crippen LogP contribution is 2.31. The summed E-state index contributed by atoms with van der Waals surface area (Å²) in [6.45, 7) is 2.25. The van der Waals surface area contributed by atoms with Crippen LogP contribution in [0.25, 0.3) is 17.0 Å². The van der Waals surface area contributed by atoms with Crippen molar-refractivity contribution in [3.63, 3.8) is 0 Å². The largest absolute Gasteiger partial charge is 0.333 e. The molecule has 5 rings (SSSR count). The predicted molar refractivity (Wildman–Crippen MR) is 133 cm³/mol. The van der Waals surface area contributed by atoms with Gasteiger partial charge in [-0.3, -0.25) is 9.47 Å². The molecular formula is C28H23F2N5O. The molecule has 0 saturated heterocycles. The highest BCUT2D eigenvalue weighted by atomic mass is 19.1. The zero-order valence-electron chi connectivity index (χ0n) is 19.4. The molecule has 4 aromatic rings. The normalized spacial score (nSPS) is 13.6. The zero-order chi connectivity index (χ0) is 25.1. The fourth-order valence-electron chi connectivity index (χ4n) is 4.59. The molecule has 0 aliphatic carbocycles. The maximum Gasteiger partial charge on any atom is 0.326 e. The number of hydrogen-bond donors (Lipinski definition) is 1. The average Bonchev–Trinajstić information content (AvgIpc) is 3.21. The summed E-state index contributed by atoms with van der Waals surface area (Å²) >= 11 is 0. The molecule has 0 saturated carbocycles. The van der Waals surface area contributed by atoms with Gasteiger partial charge in [0, 0.05) is 49.9 Å². The minimum absolute atomic E-state index is 0.170. The second-order valence-corrected chi connectivity index (χ2v) is 8.69. The summed E-state index contributed by atoms with van der Waals surface area (Å²) in [5.41, 5.74) is 4.75. The molecule has 1 aliphatic heterocycles. The summed E-state index contributed by atoms with van der Waals surface area (Å²) in [7, 11) is 0. The fourth-order valence-corrected chi connectivity index (χ4v) is 4.59.